The Kier molecular flexibility index (Phi) is 5.03. The van der Waals surface area contributed by atoms with Gasteiger partial charge in [0.25, 0.3) is 5.91 Å². The van der Waals surface area contributed by atoms with Crippen LogP contribution >= 0.6 is 11.8 Å². The molecule has 0 aliphatic carbocycles. The first kappa shape index (κ1) is 17.9. The Hall–Kier alpha value is -2.53. The van der Waals surface area contributed by atoms with Crippen molar-refractivity contribution in [3.63, 3.8) is 0 Å². The topological polar surface area (TPSA) is 46.9 Å². The summed E-state index contributed by atoms with van der Waals surface area (Å²) in [7, 11) is 1.92. The first-order chi connectivity index (χ1) is 13.1. The van der Waals surface area contributed by atoms with Crippen molar-refractivity contribution in [2.45, 2.75) is 36.5 Å². The molecule has 0 spiro atoms. The number of thioether (sulfide) groups is 1. The van der Waals surface area contributed by atoms with E-state index in [1.54, 1.807) is 11.8 Å². The van der Waals surface area contributed by atoms with Crippen molar-refractivity contribution in [3.8, 4) is 11.3 Å². The number of nitrogens with one attached hydrogen (secondary N) is 1. The van der Waals surface area contributed by atoms with Gasteiger partial charge in [-0.3, -0.25) is 9.48 Å². The molecule has 2 aromatic carbocycles. The first-order valence-corrected chi connectivity index (χ1v) is 10.2. The maximum atomic E-state index is 12.9. The second-order valence-electron chi connectivity index (χ2n) is 6.98. The van der Waals surface area contributed by atoms with E-state index in [9.17, 15) is 4.79 Å². The highest BCUT2D eigenvalue weighted by Gasteiger charge is 2.27. The SMILES string of the molecule is C[C@H](CCc1ccccc1)NC(=O)c1nn(C)c2c1CSc1ccccc1-2. The van der Waals surface area contributed by atoms with Crippen LogP contribution in [0.25, 0.3) is 11.3 Å². The highest BCUT2D eigenvalue weighted by molar-refractivity contribution is 7.98. The molecule has 3 aromatic rings. The molecule has 138 valence electrons. The van der Waals surface area contributed by atoms with Crippen molar-refractivity contribution in [1.82, 2.24) is 15.1 Å². The Bertz CT molecular complexity index is 965. The standard InChI is InChI=1S/C22H23N3OS/c1-15(12-13-16-8-4-3-5-9-16)23-22(26)20-18-14-27-19-11-7-6-10-17(19)21(18)25(2)24-20/h3-11,15H,12-14H2,1-2H3,(H,23,26)/t15-/m1/s1. The van der Waals surface area contributed by atoms with E-state index in [1.165, 1.54) is 10.5 Å². The molecule has 4 rings (SSSR count). The fourth-order valence-corrected chi connectivity index (χ4v) is 4.62. The Morgan fingerprint density at radius 2 is 1.93 bits per heavy atom. The summed E-state index contributed by atoms with van der Waals surface area (Å²) >= 11 is 1.77. The lowest BCUT2D eigenvalue weighted by atomic mass is 10.0. The van der Waals surface area contributed by atoms with Crippen LogP contribution in [0, 0.1) is 0 Å². The van der Waals surface area contributed by atoms with Gasteiger partial charge in [0.05, 0.1) is 5.69 Å². The molecule has 1 atom stereocenters. The zero-order valence-corrected chi connectivity index (χ0v) is 16.4. The third kappa shape index (κ3) is 3.65. The van der Waals surface area contributed by atoms with E-state index in [4.69, 9.17) is 0 Å². The third-order valence-electron chi connectivity index (χ3n) is 4.96. The van der Waals surface area contributed by atoms with Crippen LogP contribution in [0.1, 0.15) is 35.0 Å². The second kappa shape index (κ2) is 7.61. The van der Waals surface area contributed by atoms with Gasteiger partial charge >= 0.3 is 0 Å². The molecule has 27 heavy (non-hydrogen) atoms. The van der Waals surface area contributed by atoms with Crippen LogP contribution in [0.5, 0.6) is 0 Å². The van der Waals surface area contributed by atoms with E-state index in [2.05, 4.69) is 47.7 Å². The number of amides is 1. The van der Waals surface area contributed by atoms with Crippen LogP contribution < -0.4 is 5.32 Å². The summed E-state index contributed by atoms with van der Waals surface area (Å²) in [6, 6.07) is 18.8. The zero-order valence-electron chi connectivity index (χ0n) is 15.6. The molecule has 1 amide bonds. The van der Waals surface area contributed by atoms with Crippen LogP contribution in [-0.4, -0.2) is 21.7 Å². The number of carbonyl (C=O) groups is 1. The third-order valence-corrected chi connectivity index (χ3v) is 6.06. The summed E-state index contributed by atoms with van der Waals surface area (Å²) in [5, 5.41) is 7.68. The average molecular weight is 378 g/mol. The van der Waals surface area contributed by atoms with Crippen LogP contribution in [0.15, 0.2) is 59.5 Å². The molecule has 1 N–H and O–H groups in total. The molecule has 0 saturated heterocycles. The molecule has 5 heteroatoms. The number of nitrogens with zero attached hydrogens (tertiary/aromatic N) is 2. The van der Waals surface area contributed by atoms with Crippen LogP contribution in [0.3, 0.4) is 0 Å². The lowest BCUT2D eigenvalue weighted by Crippen LogP contribution is -2.33. The summed E-state index contributed by atoms with van der Waals surface area (Å²) in [5.41, 5.74) is 5.11. The molecule has 1 aromatic heterocycles. The molecular formula is C22H23N3OS. The van der Waals surface area contributed by atoms with Crippen molar-refractivity contribution in [2.24, 2.45) is 7.05 Å². The summed E-state index contributed by atoms with van der Waals surface area (Å²) in [6.07, 6.45) is 1.86. The zero-order chi connectivity index (χ0) is 18.8. The minimum Gasteiger partial charge on any atom is -0.348 e. The summed E-state index contributed by atoms with van der Waals surface area (Å²) in [6.45, 7) is 2.06. The summed E-state index contributed by atoms with van der Waals surface area (Å²) < 4.78 is 1.84. The highest BCUT2D eigenvalue weighted by atomic mass is 32.2. The predicted octanol–water partition coefficient (Wildman–Crippen LogP) is 4.44. The van der Waals surface area contributed by atoms with E-state index in [1.807, 2.05) is 36.0 Å². The van der Waals surface area contributed by atoms with Gasteiger partial charge in [0, 0.05) is 34.9 Å². The number of fused-ring (bicyclic) bond motifs is 3. The van der Waals surface area contributed by atoms with Gasteiger partial charge in [0.1, 0.15) is 0 Å². The second-order valence-corrected chi connectivity index (χ2v) is 8.00. The van der Waals surface area contributed by atoms with E-state index in [-0.39, 0.29) is 11.9 Å². The summed E-state index contributed by atoms with van der Waals surface area (Å²) in [4.78, 5) is 14.1. The maximum absolute atomic E-state index is 12.9. The number of carbonyl (C=O) groups excluding carboxylic acids is 1. The first-order valence-electron chi connectivity index (χ1n) is 9.26. The Morgan fingerprint density at radius 3 is 2.74 bits per heavy atom. The Morgan fingerprint density at radius 1 is 1.19 bits per heavy atom. The molecule has 0 bridgehead atoms. The quantitative estimate of drug-likeness (QED) is 0.715. The normalized spacial score (nSPS) is 13.6. The molecule has 0 fully saturated rings. The van der Waals surface area contributed by atoms with Gasteiger partial charge in [-0.15, -0.1) is 11.8 Å². The number of aryl methyl sites for hydroxylation is 2. The Balaban J connectivity index is 1.49. The van der Waals surface area contributed by atoms with Crippen LogP contribution in [0.2, 0.25) is 0 Å². The van der Waals surface area contributed by atoms with Gasteiger partial charge < -0.3 is 5.32 Å². The van der Waals surface area contributed by atoms with Crippen molar-refractivity contribution >= 4 is 17.7 Å². The Labute approximate surface area is 164 Å². The van der Waals surface area contributed by atoms with Gasteiger partial charge in [0.2, 0.25) is 0 Å². The number of benzene rings is 2. The van der Waals surface area contributed by atoms with E-state index < -0.39 is 0 Å². The number of rotatable bonds is 5. The van der Waals surface area contributed by atoms with Gasteiger partial charge in [-0.1, -0.05) is 48.5 Å². The number of hydrogen-bond donors (Lipinski definition) is 1. The number of aromatic nitrogens is 2. The van der Waals surface area contributed by atoms with Crippen molar-refractivity contribution < 1.29 is 4.79 Å². The van der Waals surface area contributed by atoms with Gasteiger partial charge in [-0.2, -0.15) is 5.10 Å². The van der Waals surface area contributed by atoms with Gasteiger partial charge in [-0.25, -0.2) is 0 Å². The molecular weight excluding hydrogens is 354 g/mol. The highest BCUT2D eigenvalue weighted by Crippen LogP contribution is 2.42. The van der Waals surface area contributed by atoms with Crippen LogP contribution in [0.4, 0.5) is 0 Å². The predicted molar refractivity (Wildman–Crippen MR) is 110 cm³/mol. The average Bonchev–Trinajstić information content (AvgIpc) is 3.04. The van der Waals surface area contributed by atoms with Gasteiger partial charge in [-0.05, 0) is 31.4 Å². The van der Waals surface area contributed by atoms with E-state index >= 15 is 0 Å². The monoisotopic (exact) mass is 377 g/mol. The molecule has 1 aliphatic heterocycles. The summed E-state index contributed by atoms with van der Waals surface area (Å²) in [5.74, 6) is 0.703. The van der Waals surface area contributed by atoms with E-state index in [0.29, 0.717) is 5.69 Å². The van der Waals surface area contributed by atoms with E-state index in [0.717, 1.165) is 35.4 Å². The molecule has 4 nitrogen and oxygen atoms in total. The fourth-order valence-electron chi connectivity index (χ4n) is 3.55. The number of hydrogen-bond acceptors (Lipinski definition) is 3. The largest absolute Gasteiger partial charge is 0.348 e. The maximum Gasteiger partial charge on any atom is 0.272 e. The van der Waals surface area contributed by atoms with Gasteiger partial charge in [0.15, 0.2) is 5.69 Å². The lowest BCUT2D eigenvalue weighted by Gasteiger charge is -2.17. The minimum absolute atomic E-state index is 0.0765. The molecule has 0 saturated carbocycles. The molecule has 0 unspecified atom stereocenters. The smallest absolute Gasteiger partial charge is 0.272 e. The molecule has 2 heterocycles. The molecule has 0 radical (unpaired) electrons. The van der Waals surface area contributed by atoms with Crippen molar-refractivity contribution in [1.29, 1.82) is 0 Å². The van der Waals surface area contributed by atoms with Crippen molar-refractivity contribution in [2.75, 3.05) is 0 Å². The van der Waals surface area contributed by atoms with Crippen LogP contribution in [-0.2, 0) is 19.2 Å². The fraction of sp³-hybridized carbons (Fsp3) is 0.273. The minimum atomic E-state index is -0.0765. The lowest BCUT2D eigenvalue weighted by molar-refractivity contribution is 0.0932. The van der Waals surface area contributed by atoms with Crippen molar-refractivity contribution in [3.05, 3.63) is 71.4 Å². The molecule has 1 aliphatic rings.